The molecule has 1 aromatic rings. The molecule has 4 heteroatoms. The SMILES string of the molecule is Cc1cc(Cl)ccc1N1CC(CO)N(C)CC1C. The number of hydrogen-bond acceptors (Lipinski definition) is 3. The Balaban J connectivity index is 2.26. The van der Waals surface area contributed by atoms with Crippen LogP contribution in [0, 0.1) is 6.92 Å². The smallest absolute Gasteiger partial charge is 0.0604 e. The maximum atomic E-state index is 9.44. The molecule has 1 N–H and O–H groups in total. The third-order valence-corrected chi connectivity index (χ3v) is 4.03. The Labute approximate surface area is 114 Å². The second kappa shape index (κ2) is 5.47. The third-order valence-electron chi connectivity index (χ3n) is 3.79. The molecule has 18 heavy (non-hydrogen) atoms. The summed E-state index contributed by atoms with van der Waals surface area (Å²) in [7, 11) is 2.07. The lowest BCUT2D eigenvalue weighted by Gasteiger charge is -2.45. The standard InChI is InChI=1S/C14H21ClN2O/c1-10-6-12(15)4-5-14(10)17-8-13(9-18)16(3)7-11(17)2/h4-6,11,13,18H,7-9H2,1-3H3. The van der Waals surface area contributed by atoms with Gasteiger partial charge in [0.05, 0.1) is 12.6 Å². The number of nitrogens with zero attached hydrogens (tertiary/aromatic N) is 2. The summed E-state index contributed by atoms with van der Waals surface area (Å²) in [5.41, 5.74) is 2.41. The Kier molecular flexibility index (Phi) is 4.15. The predicted octanol–water partition coefficient (Wildman–Crippen LogP) is 2.15. The van der Waals surface area contributed by atoms with E-state index in [1.807, 2.05) is 12.1 Å². The summed E-state index contributed by atoms with van der Waals surface area (Å²) >= 11 is 6.00. The molecule has 0 amide bonds. The molecular formula is C14H21ClN2O. The summed E-state index contributed by atoms with van der Waals surface area (Å²) in [6.07, 6.45) is 0. The summed E-state index contributed by atoms with van der Waals surface area (Å²) in [4.78, 5) is 4.60. The van der Waals surface area contributed by atoms with Crippen molar-refractivity contribution in [3.63, 3.8) is 0 Å². The average molecular weight is 269 g/mol. The van der Waals surface area contributed by atoms with Crippen molar-refractivity contribution in [3.8, 4) is 0 Å². The molecule has 1 aliphatic rings. The van der Waals surface area contributed by atoms with Crippen molar-refractivity contribution in [2.45, 2.75) is 25.9 Å². The van der Waals surface area contributed by atoms with Gasteiger partial charge in [0.1, 0.15) is 0 Å². The fourth-order valence-corrected chi connectivity index (χ4v) is 2.91. The largest absolute Gasteiger partial charge is 0.395 e. The van der Waals surface area contributed by atoms with Crippen molar-refractivity contribution in [2.75, 3.05) is 31.6 Å². The van der Waals surface area contributed by atoms with E-state index in [1.165, 1.54) is 11.3 Å². The van der Waals surface area contributed by atoms with Gasteiger partial charge in [-0.25, -0.2) is 0 Å². The van der Waals surface area contributed by atoms with Crippen molar-refractivity contribution in [2.24, 2.45) is 0 Å². The molecule has 0 bridgehead atoms. The molecule has 1 fully saturated rings. The Bertz CT molecular complexity index is 424. The Morgan fingerprint density at radius 3 is 2.72 bits per heavy atom. The van der Waals surface area contributed by atoms with Crippen LogP contribution >= 0.6 is 11.6 Å². The first-order valence-corrected chi connectivity index (χ1v) is 6.74. The Morgan fingerprint density at radius 1 is 1.39 bits per heavy atom. The molecule has 2 rings (SSSR count). The molecule has 0 spiro atoms. The third kappa shape index (κ3) is 2.63. The van der Waals surface area contributed by atoms with E-state index in [-0.39, 0.29) is 12.6 Å². The fraction of sp³-hybridized carbons (Fsp3) is 0.571. The molecule has 1 aromatic carbocycles. The summed E-state index contributed by atoms with van der Waals surface area (Å²) in [5, 5.41) is 10.2. The molecule has 1 aliphatic heterocycles. The predicted molar refractivity (Wildman–Crippen MR) is 76.5 cm³/mol. The van der Waals surface area contributed by atoms with Gasteiger partial charge in [-0.2, -0.15) is 0 Å². The molecule has 0 aromatic heterocycles. The second-order valence-electron chi connectivity index (χ2n) is 5.21. The highest BCUT2D eigenvalue weighted by Gasteiger charge is 2.29. The highest BCUT2D eigenvalue weighted by molar-refractivity contribution is 6.30. The first-order valence-electron chi connectivity index (χ1n) is 6.37. The maximum absolute atomic E-state index is 9.44. The van der Waals surface area contributed by atoms with Crippen molar-refractivity contribution in [1.29, 1.82) is 0 Å². The summed E-state index contributed by atoms with van der Waals surface area (Å²) < 4.78 is 0. The number of halogens is 1. The van der Waals surface area contributed by atoms with Gasteiger partial charge in [-0.05, 0) is 44.7 Å². The molecule has 3 nitrogen and oxygen atoms in total. The number of anilines is 1. The van der Waals surface area contributed by atoms with Crippen LogP contribution in [-0.2, 0) is 0 Å². The van der Waals surface area contributed by atoms with Crippen LogP contribution in [0.15, 0.2) is 18.2 Å². The maximum Gasteiger partial charge on any atom is 0.0604 e. The van der Waals surface area contributed by atoms with E-state index in [4.69, 9.17) is 11.6 Å². The number of aliphatic hydroxyl groups excluding tert-OH is 1. The zero-order valence-electron chi connectivity index (χ0n) is 11.2. The van der Waals surface area contributed by atoms with Crippen molar-refractivity contribution in [3.05, 3.63) is 28.8 Å². The number of rotatable bonds is 2. The highest BCUT2D eigenvalue weighted by atomic mass is 35.5. The lowest BCUT2D eigenvalue weighted by molar-refractivity contribution is 0.121. The van der Waals surface area contributed by atoms with Crippen LogP contribution in [0.3, 0.4) is 0 Å². The highest BCUT2D eigenvalue weighted by Crippen LogP contribution is 2.28. The monoisotopic (exact) mass is 268 g/mol. The minimum absolute atomic E-state index is 0.201. The van der Waals surface area contributed by atoms with Gasteiger partial charge in [0.2, 0.25) is 0 Å². The second-order valence-corrected chi connectivity index (χ2v) is 5.64. The van der Waals surface area contributed by atoms with E-state index in [1.54, 1.807) is 0 Å². The van der Waals surface area contributed by atoms with E-state index in [0.717, 1.165) is 18.1 Å². The number of aryl methyl sites for hydroxylation is 1. The summed E-state index contributed by atoms with van der Waals surface area (Å²) in [5.74, 6) is 0. The van der Waals surface area contributed by atoms with E-state index >= 15 is 0 Å². The molecule has 1 heterocycles. The van der Waals surface area contributed by atoms with Crippen molar-refractivity contribution >= 4 is 17.3 Å². The number of likely N-dealkylation sites (N-methyl/N-ethyl adjacent to an activating group) is 1. The van der Waals surface area contributed by atoms with Gasteiger partial charge in [-0.15, -0.1) is 0 Å². The molecule has 100 valence electrons. The molecule has 2 unspecified atom stereocenters. The molecule has 0 radical (unpaired) electrons. The van der Waals surface area contributed by atoms with Crippen molar-refractivity contribution < 1.29 is 5.11 Å². The van der Waals surface area contributed by atoms with Gasteiger partial charge in [-0.3, -0.25) is 4.90 Å². The number of hydrogen-bond donors (Lipinski definition) is 1. The fourth-order valence-electron chi connectivity index (χ4n) is 2.68. The van der Waals surface area contributed by atoms with Gasteiger partial charge in [-0.1, -0.05) is 11.6 Å². The topological polar surface area (TPSA) is 26.7 Å². The summed E-state index contributed by atoms with van der Waals surface area (Å²) in [6.45, 7) is 6.33. The van der Waals surface area contributed by atoms with Gasteiger partial charge < -0.3 is 10.0 Å². The summed E-state index contributed by atoms with van der Waals surface area (Å²) in [6, 6.07) is 6.65. The zero-order valence-corrected chi connectivity index (χ0v) is 12.0. The minimum Gasteiger partial charge on any atom is -0.395 e. The van der Waals surface area contributed by atoms with Crippen LogP contribution in [-0.4, -0.2) is 48.8 Å². The van der Waals surface area contributed by atoms with Crippen LogP contribution in [0.1, 0.15) is 12.5 Å². The van der Waals surface area contributed by atoms with Crippen LogP contribution in [0.4, 0.5) is 5.69 Å². The van der Waals surface area contributed by atoms with Gasteiger partial charge in [0.15, 0.2) is 0 Å². The van der Waals surface area contributed by atoms with Crippen LogP contribution in [0.25, 0.3) is 0 Å². The normalized spacial score (nSPS) is 25.5. The van der Waals surface area contributed by atoms with Crippen LogP contribution < -0.4 is 4.90 Å². The number of aliphatic hydroxyl groups is 1. The van der Waals surface area contributed by atoms with Gasteiger partial charge >= 0.3 is 0 Å². The van der Waals surface area contributed by atoms with Crippen LogP contribution in [0.5, 0.6) is 0 Å². The molecule has 2 atom stereocenters. The lowest BCUT2D eigenvalue weighted by Crippen LogP contribution is -2.57. The van der Waals surface area contributed by atoms with Crippen molar-refractivity contribution in [1.82, 2.24) is 4.90 Å². The van der Waals surface area contributed by atoms with E-state index in [0.29, 0.717) is 6.04 Å². The van der Waals surface area contributed by atoms with E-state index in [2.05, 4.69) is 36.8 Å². The number of benzene rings is 1. The first-order chi connectivity index (χ1) is 8.52. The molecular weight excluding hydrogens is 248 g/mol. The quantitative estimate of drug-likeness (QED) is 0.890. The average Bonchev–Trinajstić information content (AvgIpc) is 2.30. The Hall–Kier alpha value is -0.770. The van der Waals surface area contributed by atoms with E-state index < -0.39 is 0 Å². The molecule has 0 aliphatic carbocycles. The molecule has 1 saturated heterocycles. The number of piperazine rings is 1. The van der Waals surface area contributed by atoms with Gasteiger partial charge in [0, 0.05) is 29.8 Å². The minimum atomic E-state index is 0.201. The zero-order chi connectivity index (χ0) is 13.3. The lowest BCUT2D eigenvalue weighted by atomic mass is 10.1. The molecule has 0 saturated carbocycles. The Morgan fingerprint density at radius 2 is 2.11 bits per heavy atom. The van der Waals surface area contributed by atoms with Crippen LogP contribution in [0.2, 0.25) is 5.02 Å². The van der Waals surface area contributed by atoms with E-state index in [9.17, 15) is 5.11 Å². The van der Waals surface area contributed by atoms with Gasteiger partial charge in [0.25, 0.3) is 0 Å². The first kappa shape index (κ1) is 13.7.